The summed E-state index contributed by atoms with van der Waals surface area (Å²) in [6.07, 6.45) is 9.56. The van der Waals surface area contributed by atoms with Gasteiger partial charge in [0.1, 0.15) is 0 Å². The number of unbranched alkanes of at least 4 members (excludes halogenated alkanes) is 5. The first-order valence-electron chi connectivity index (χ1n) is 14.0. The number of esters is 2. The quantitative estimate of drug-likeness (QED) is 0.177. The molecule has 36 heavy (non-hydrogen) atoms. The van der Waals surface area contributed by atoms with Crippen molar-refractivity contribution in [3.63, 3.8) is 0 Å². The minimum atomic E-state index is -0.532. The van der Waals surface area contributed by atoms with E-state index in [2.05, 4.69) is 27.7 Å². The van der Waals surface area contributed by atoms with Gasteiger partial charge in [-0.15, -0.1) is 0 Å². The molecule has 1 aromatic rings. The smallest absolute Gasteiger partial charge is 0.338 e. The molecule has 1 aliphatic heterocycles. The summed E-state index contributed by atoms with van der Waals surface area (Å²) in [5.41, 5.74) is 0.545. The molecule has 0 spiro atoms. The summed E-state index contributed by atoms with van der Waals surface area (Å²) in [6.45, 7) is 10.7. The van der Waals surface area contributed by atoms with E-state index >= 15 is 0 Å². The van der Waals surface area contributed by atoms with Gasteiger partial charge in [-0.3, -0.25) is 4.79 Å². The lowest BCUT2D eigenvalue weighted by molar-refractivity contribution is -0.263. The minimum Gasteiger partial charge on any atom is -0.466 e. The van der Waals surface area contributed by atoms with Crippen molar-refractivity contribution >= 4 is 11.9 Å². The molecule has 1 saturated heterocycles. The van der Waals surface area contributed by atoms with Crippen molar-refractivity contribution in [3.05, 3.63) is 35.9 Å². The normalized spacial score (nSPS) is 23.6. The van der Waals surface area contributed by atoms with Crippen LogP contribution < -0.4 is 0 Å². The van der Waals surface area contributed by atoms with Crippen molar-refractivity contribution in [1.82, 2.24) is 0 Å². The van der Waals surface area contributed by atoms with Crippen molar-refractivity contribution < 1.29 is 28.5 Å². The van der Waals surface area contributed by atoms with Gasteiger partial charge in [0, 0.05) is 6.42 Å². The Morgan fingerprint density at radius 2 is 1.61 bits per heavy atom. The zero-order chi connectivity index (χ0) is 26.3. The van der Waals surface area contributed by atoms with E-state index in [-0.39, 0.29) is 24.1 Å². The first-order valence-corrected chi connectivity index (χ1v) is 14.0. The average Bonchev–Trinajstić information content (AvgIpc) is 2.84. The second-order valence-corrected chi connectivity index (χ2v) is 10.5. The highest BCUT2D eigenvalue weighted by Gasteiger charge is 2.38. The van der Waals surface area contributed by atoms with Gasteiger partial charge in [0.2, 0.25) is 0 Å². The van der Waals surface area contributed by atoms with Gasteiger partial charge in [-0.05, 0) is 57.6 Å². The van der Waals surface area contributed by atoms with E-state index < -0.39 is 12.4 Å². The van der Waals surface area contributed by atoms with E-state index in [4.69, 9.17) is 18.9 Å². The van der Waals surface area contributed by atoms with Crippen LogP contribution in [0.5, 0.6) is 0 Å². The maximum absolute atomic E-state index is 12.6. The van der Waals surface area contributed by atoms with Crippen molar-refractivity contribution in [1.29, 1.82) is 0 Å². The summed E-state index contributed by atoms with van der Waals surface area (Å²) in [4.78, 5) is 24.1. The molecule has 1 aromatic carbocycles. The lowest BCUT2D eigenvalue weighted by Gasteiger charge is -2.39. The molecular formula is C30H48O6. The largest absolute Gasteiger partial charge is 0.466 e. The fourth-order valence-corrected chi connectivity index (χ4v) is 4.64. The van der Waals surface area contributed by atoms with Crippen LogP contribution in [0.3, 0.4) is 0 Å². The molecule has 0 radical (unpaired) electrons. The Balaban J connectivity index is 1.63. The third-order valence-electron chi connectivity index (χ3n) is 7.07. The molecule has 0 amide bonds. The van der Waals surface area contributed by atoms with Crippen molar-refractivity contribution in [2.24, 2.45) is 11.8 Å². The number of hydrogen-bond donors (Lipinski definition) is 0. The van der Waals surface area contributed by atoms with E-state index in [0.29, 0.717) is 30.4 Å². The molecule has 2 rings (SSSR count). The van der Waals surface area contributed by atoms with Gasteiger partial charge in [0.05, 0.1) is 24.4 Å². The standard InChI is InChI=1S/C30H48O6/c1-6-33-28(31)20-22(2)16-12-9-7-8-10-13-17-24(4)34-30-27(21-23(3)25(5)35-30)36-29(32)26-18-14-11-15-19-26/h11,14-15,18-19,22-25,27,30H,6-10,12-13,16-17,20-21H2,1-5H3/t22-,23-,24+,25?,27?,30-/m1/s1. The summed E-state index contributed by atoms with van der Waals surface area (Å²) in [5, 5.41) is 0. The monoisotopic (exact) mass is 504 g/mol. The third-order valence-corrected chi connectivity index (χ3v) is 7.07. The predicted octanol–water partition coefficient (Wildman–Crippen LogP) is 7.10. The molecule has 1 heterocycles. The summed E-state index contributed by atoms with van der Waals surface area (Å²) in [6, 6.07) is 9.08. The van der Waals surface area contributed by atoms with E-state index in [1.807, 2.05) is 25.1 Å². The Labute approximate surface area is 218 Å². The molecule has 0 saturated carbocycles. The van der Waals surface area contributed by atoms with Crippen LogP contribution in [-0.2, 0) is 23.7 Å². The molecule has 0 N–H and O–H groups in total. The zero-order valence-corrected chi connectivity index (χ0v) is 23.1. The van der Waals surface area contributed by atoms with Crippen molar-refractivity contribution in [2.75, 3.05) is 6.61 Å². The highest BCUT2D eigenvalue weighted by Crippen LogP contribution is 2.29. The molecule has 6 atom stereocenters. The molecular weight excluding hydrogens is 456 g/mol. The summed E-state index contributed by atoms with van der Waals surface area (Å²) in [5.74, 6) is 0.277. The van der Waals surface area contributed by atoms with E-state index in [1.165, 1.54) is 32.1 Å². The molecule has 0 aliphatic carbocycles. The van der Waals surface area contributed by atoms with Gasteiger partial charge < -0.3 is 18.9 Å². The molecule has 2 unspecified atom stereocenters. The van der Waals surface area contributed by atoms with E-state index in [1.54, 1.807) is 12.1 Å². The Bertz CT molecular complexity index is 751. The first kappa shape index (κ1) is 30.3. The Kier molecular flexibility index (Phi) is 14.1. The number of carbonyl (C=O) groups excluding carboxylic acids is 2. The second kappa shape index (κ2) is 16.8. The summed E-state index contributed by atoms with van der Waals surface area (Å²) >= 11 is 0. The average molecular weight is 505 g/mol. The molecule has 204 valence electrons. The lowest BCUT2D eigenvalue weighted by atomic mass is 9.95. The highest BCUT2D eigenvalue weighted by atomic mass is 16.7. The van der Waals surface area contributed by atoms with Crippen LogP contribution in [0.15, 0.2) is 30.3 Å². The fourth-order valence-electron chi connectivity index (χ4n) is 4.64. The van der Waals surface area contributed by atoms with Crippen LogP contribution in [0.25, 0.3) is 0 Å². The number of hydrogen-bond acceptors (Lipinski definition) is 6. The Morgan fingerprint density at radius 1 is 0.972 bits per heavy atom. The Morgan fingerprint density at radius 3 is 2.28 bits per heavy atom. The lowest BCUT2D eigenvalue weighted by Crippen LogP contribution is -2.47. The van der Waals surface area contributed by atoms with E-state index in [0.717, 1.165) is 25.7 Å². The maximum Gasteiger partial charge on any atom is 0.338 e. The van der Waals surface area contributed by atoms with Crippen molar-refractivity contribution in [3.8, 4) is 0 Å². The van der Waals surface area contributed by atoms with Crippen LogP contribution >= 0.6 is 0 Å². The molecule has 0 bridgehead atoms. The van der Waals surface area contributed by atoms with Crippen LogP contribution in [0.4, 0.5) is 0 Å². The first-order chi connectivity index (χ1) is 17.3. The molecule has 6 heteroatoms. The molecule has 1 aliphatic rings. The van der Waals surface area contributed by atoms with Gasteiger partial charge in [0.15, 0.2) is 12.4 Å². The number of ether oxygens (including phenoxy) is 4. The summed E-state index contributed by atoms with van der Waals surface area (Å²) < 4.78 is 23.2. The zero-order valence-electron chi connectivity index (χ0n) is 23.1. The topological polar surface area (TPSA) is 71.1 Å². The van der Waals surface area contributed by atoms with Crippen LogP contribution in [0.2, 0.25) is 0 Å². The number of benzene rings is 1. The second-order valence-electron chi connectivity index (χ2n) is 10.5. The molecule has 1 fully saturated rings. The molecule has 6 nitrogen and oxygen atoms in total. The van der Waals surface area contributed by atoms with Gasteiger partial charge >= 0.3 is 11.9 Å². The van der Waals surface area contributed by atoms with Crippen LogP contribution in [0.1, 0.15) is 109 Å². The van der Waals surface area contributed by atoms with Crippen LogP contribution in [-0.4, -0.2) is 43.1 Å². The Hall–Kier alpha value is -1.92. The third kappa shape index (κ3) is 11.4. The van der Waals surface area contributed by atoms with Gasteiger partial charge in [-0.2, -0.15) is 0 Å². The van der Waals surface area contributed by atoms with Gasteiger partial charge in [-0.1, -0.05) is 77.0 Å². The maximum atomic E-state index is 12.6. The van der Waals surface area contributed by atoms with Crippen molar-refractivity contribution in [2.45, 2.75) is 123 Å². The summed E-state index contributed by atoms with van der Waals surface area (Å²) in [7, 11) is 0. The molecule has 0 aromatic heterocycles. The predicted molar refractivity (Wildman–Crippen MR) is 142 cm³/mol. The van der Waals surface area contributed by atoms with Gasteiger partial charge in [-0.25, -0.2) is 4.79 Å². The SMILES string of the molecule is CCOC(=O)C[C@H](C)CCCCCCCC[C@H](C)O[C@@H]1OC(C)[C@H](C)CC1OC(=O)c1ccccc1. The highest BCUT2D eigenvalue weighted by molar-refractivity contribution is 5.89. The van der Waals surface area contributed by atoms with Crippen LogP contribution in [0, 0.1) is 11.8 Å². The number of rotatable bonds is 16. The van der Waals surface area contributed by atoms with E-state index in [9.17, 15) is 9.59 Å². The minimum absolute atomic E-state index is 0.0391. The number of carbonyl (C=O) groups is 2. The van der Waals surface area contributed by atoms with Gasteiger partial charge in [0.25, 0.3) is 0 Å². The fraction of sp³-hybridized carbons (Fsp3) is 0.733.